The minimum Gasteiger partial charge on any atom is -0.507 e. The number of carbonyl (C=O) groups excluding carboxylic acids is 2. The number of primary amides is 1. The van der Waals surface area contributed by atoms with Gasteiger partial charge in [0, 0.05) is 19.0 Å². The summed E-state index contributed by atoms with van der Waals surface area (Å²) >= 11 is 0. The van der Waals surface area contributed by atoms with E-state index in [1.165, 1.54) is 12.1 Å². The molecule has 3 N–H and O–H groups in total. The molecule has 1 radical (unpaired) electrons. The number of hydrogen-bond donors (Lipinski definition) is 2. The first-order valence-corrected chi connectivity index (χ1v) is 7.87. The zero-order valence-corrected chi connectivity index (χ0v) is 13.8. The molecule has 8 heteroatoms. The Balaban J connectivity index is 2.23. The van der Waals surface area contributed by atoms with E-state index in [1.54, 1.807) is 6.92 Å². The van der Waals surface area contributed by atoms with Crippen molar-refractivity contribution in [1.82, 2.24) is 4.90 Å². The first kappa shape index (κ1) is 17.6. The Labute approximate surface area is 142 Å². The minimum atomic E-state index is -5.09. The summed E-state index contributed by atoms with van der Waals surface area (Å²) in [6.07, 6.45) is -4.99. The fraction of sp³-hybridized carbons (Fsp3) is 0.529. The van der Waals surface area contributed by atoms with Gasteiger partial charge in [0.05, 0.1) is 0 Å². The molecular formula is C17H18F3N2O3. The van der Waals surface area contributed by atoms with Gasteiger partial charge in [-0.1, -0.05) is 13.8 Å². The molecule has 2 bridgehead atoms. The van der Waals surface area contributed by atoms with Gasteiger partial charge in [0.1, 0.15) is 11.3 Å². The van der Waals surface area contributed by atoms with E-state index in [1.807, 2.05) is 6.92 Å². The molecule has 0 saturated carbocycles. The highest BCUT2D eigenvalue weighted by atomic mass is 19.4. The van der Waals surface area contributed by atoms with Crippen LogP contribution in [0.2, 0.25) is 0 Å². The van der Waals surface area contributed by atoms with Gasteiger partial charge in [-0.2, -0.15) is 13.2 Å². The molecule has 1 fully saturated rings. The number of fused-ring (bicyclic) bond motifs is 4. The second kappa shape index (κ2) is 5.12. The van der Waals surface area contributed by atoms with Crippen molar-refractivity contribution in [2.45, 2.75) is 43.8 Å². The lowest BCUT2D eigenvalue weighted by atomic mass is 9.53. The molecule has 5 nitrogen and oxygen atoms in total. The average Bonchev–Trinajstić information content (AvgIpc) is 2.50. The van der Waals surface area contributed by atoms with Gasteiger partial charge in [-0.15, -0.1) is 0 Å². The third-order valence-corrected chi connectivity index (χ3v) is 6.02. The van der Waals surface area contributed by atoms with Gasteiger partial charge < -0.3 is 15.7 Å². The zero-order chi connectivity index (χ0) is 18.8. The second-order valence-corrected chi connectivity index (χ2v) is 7.07. The molecule has 1 heterocycles. The molecule has 2 aliphatic rings. The van der Waals surface area contributed by atoms with Gasteiger partial charge in [-0.25, -0.2) is 0 Å². The third kappa shape index (κ3) is 2.22. The normalized spacial score (nSPS) is 31.4. The predicted octanol–water partition coefficient (Wildman–Crippen LogP) is 1.66. The lowest BCUT2D eigenvalue weighted by molar-refractivity contribution is -0.200. The summed E-state index contributed by atoms with van der Waals surface area (Å²) in [7, 11) is 0. The first-order valence-electron chi connectivity index (χ1n) is 7.87. The van der Waals surface area contributed by atoms with Crippen molar-refractivity contribution >= 4 is 11.8 Å². The molecule has 1 saturated heterocycles. The van der Waals surface area contributed by atoms with Crippen LogP contribution < -0.4 is 5.73 Å². The summed E-state index contributed by atoms with van der Waals surface area (Å²) in [6.45, 7) is 3.22. The van der Waals surface area contributed by atoms with Crippen molar-refractivity contribution in [1.29, 1.82) is 0 Å². The van der Waals surface area contributed by atoms with E-state index >= 15 is 0 Å². The number of rotatable bonds is 1. The number of hydrogen-bond acceptors (Lipinski definition) is 3. The highest BCUT2D eigenvalue weighted by Gasteiger charge is 2.64. The molecule has 25 heavy (non-hydrogen) atoms. The molecule has 135 valence electrons. The standard InChI is InChI=1S/C17H18F3N2O3/c1-9-15(2)5-6-22(14(25)17(18,19)20)16(9,13(21)24)8-10-3-4-11(23)7-12(10)15/h3,7,9,23H,5-6,8H2,1-2H3,(H2,21,24)/t9-,15+,16+/m0/s1. The molecule has 0 aromatic heterocycles. The van der Waals surface area contributed by atoms with Crippen LogP contribution in [-0.4, -0.2) is 40.1 Å². The van der Waals surface area contributed by atoms with Gasteiger partial charge in [0.2, 0.25) is 5.91 Å². The number of nitrogens with two attached hydrogens (primary N) is 1. The van der Waals surface area contributed by atoms with Gasteiger partial charge in [0.25, 0.3) is 0 Å². The number of halogens is 3. The van der Waals surface area contributed by atoms with Crippen LogP contribution in [0.25, 0.3) is 0 Å². The number of phenols is 1. The van der Waals surface area contributed by atoms with E-state index < -0.39 is 34.9 Å². The summed E-state index contributed by atoms with van der Waals surface area (Å²) in [6, 6.07) is 5.57. The second-order valence-electron chi connectivity index (χ2n) is 7.07. The van der Waals surface area contributed by atoms with Gasteiger partial charge >= 0.3 is 12.1 Å². The molecule has 1 aliphatic heterocycles. The van der Waals surface area contributed by atoms with Gasteiger partial charge in [-0.05, 0) is 41.0 Å². The van der Waals surface area contributed by atoms with Gasteiger partial charge in [0.15, 0.2) is 0 Å². The van der Waals surface area contributed by atoms with E-state index in [2.05, 4.69) is 6.07 Å². The van der Waals surface area contributed by atoms with Crippen LogP contribution in [0.3, 0.4) is 0 Å². The number of carbonyl (C=O) groups is 2. The smallest absolute Gasteiger partial charge is 0.471 e. The number of amides is 2. The Bertz CT molecular complexity index is 764. The molecular weight excluding hydrogens is 337 g/mol. The summed E-state index contributed by atoms with van der Waals surface area (Å²) in [5, 5.41) is 9.75. The van der Waals surface area contributed by atoms with Crippen molar-refractivity contribution in [3.63, 3.8) is 0 Å². The monoisotopic (exact) mass is 355 g/mol. The van der Waals surface area contributed by atoms with Crippen molar-refractivity contribution in [3.8, 4) is 5.75 Å². The Morgan fingerprint density at radius 3 is 2.64 bits per heavy atom. The molecule has 0 spiro atoms. The lowest BCUT2D eigenvalue weighted by Crippen LogP contribution is -2.74. The Morgan fingerprint density at radius 2 is 2.08 bits per heavy atom. The highest BCUT2D eigenvalue weighted by molar-refractivity contribution is 5.94. The number of nitrogens with zero attached hydrogens (tertiary/aromatic N) is 1. The molecule has 1 aliphatic carbocycles. The maximum atomic E-state index is 13.1. The first-order chi connectivity index (χ1) is 11.4. The van der Waals surface area contributed by atoms with Crippen LogP contribution in [0.4, 0.5) is 13.2 Å². The summed E-state index contributed by atoms with van der Waals surface area (Å²) in [5.41, 5.74) is 4.42. The Morgan fingerprint density at radius 1 is 1.44 bits per heavy atom. The fourth-order valence-electron chi connectivity index (χ4n) is 4.48. The summed E-state index contributed by atoms with van der Waals surface area (Å²) in [4.78, 5) is 24.9. The van der Waals surface area contributed by atoms with Crippen LogP contribution in [0.1, 0.15) is 31.4 Å². The largest absolute Gasteiger partial charge is 0.507 e. The van der Waals surface area contributed by atoms with Gasteiger partial charge in [-0.3, -0.25) is 9.59 Å². The third-order valence-electron chi connectivity index (χ3n) is 6.02. The number of aromatic hydroxyl groups is 1. The van der Waals surface area contributed by atoms with Crippen LogP contribution in [0.5, 0.6) is 5.75 Å². The predicted molar refractivity (Wildman–Crippen MR) is 81.5 cm³/mol. The number of likely N-dealkylation sites (tertiary alicyclic amines) is 1. The summed E-state index contributed by atoms with van der Waals surface area (Å²) in [5.74, 6) is -3.73. The van der Waals surface area contributed by atoms with Crippen molar-refractivity contribution < 1.29 is 27.9 Å². The van der Waals surface area contributed by atoms with E-state index in [-0.39, 0.29) is 25.1 Å². The van der Waals surface area contributed by atoms with E-state index in [9.17, 15) is 27.9 Å². The molecule has 3 rings (SSSR count). The highest BCUT2D eigenvalue weighted by Crippen LogP contribution is 2.54. The lowest BCUT2D eigenvalue weighted by Gasteiger charge is -2.60. The Kier molecular flexibility index (Phi) is 3.60. The van der Waals surface area contributed by atoms with E-state index in [4.69, 9.17) is 5.73 Å². The number of piperidine rings is 1. The zero-order valence-electron chi connectivity index (χ0n) is 13.8. The fourth-order valence-corrected chi connectivity index (χ4v) is 4.48. The molecule has 1 aromatic carbocycles. The molecule has 2 amide bonds. The van der Waals surface area contributed by atoms with Crippen molar-refractivity contribution in [2.24, 2.45) is 11.7 Å². The molecule has 3 atom stereocenters. The summed E-state index contributed by atoms with van der Waals surface area (Å²) < 4.78 is 39.2. The van der Waals surface area contributed by atoms with Crippen LogP contribution in [0.15, 0.2) is 12.1 Å². The average molecular weight is 355 g/mol. The maximum absolute atomic E-state index is 13.1. The number of alkyl halides is 3. The van der Waals surface area contributed by atoms with Crippen LogP contribution >= 0.6 is 0 Å². The van der Waals surface area contributed by atoms with E-state index in [0.29, 0.717) is 10.5 Å². The number of phenolic OH excluding ortho intramolecular Hbond substituents is 1. The molecule has 0 unspecified atom stereocenters. The minimum absolute atomic E-state index is 0.0763. The number of benzene rings is 1. The van der Waals surface area contributed by atoms with Crippen LogP contribution in [0, 0.1) is 12.0 Å². The van der Waals surface area contributed by atoms with Crippen molar-refractivity contribution in [2.75, 3.05) is 6.54 Å². The molecule has 1 aromatic rings. The van der Waals surface area contributed by atoms with E-state index in [0.717, 1.165) is 5.56 Å². The maximum Gasteiger partial charge on any atom is 0.471 e. The SMILES string of the molecule is C[C@H]1[C@@]2(C)CCN(C(=O)C(F)(F)F)[C@]1(C(N)=O)Cc1c[c]c(O)cc12. The quantitative estimate of drug-likeness (QED) is 0.804. The van der Waals surface area contributed by atoms with Crippen molar-refractivity contribution in [3.05, 3.63) is 29.3 Å². The Hall–Kier alpha value is -2.25. The topological polar surface area (TPSA) is 83.6 Å². The van der Waals surface area contributed by atoms with Crippen LogP contribution in [-0.2, 0) is 21.4 Å².